The van der Waals surface area contributed by atoms with Crippen molar-refractivity contribution in [1.29, 1.82) is 5.26 Å². The molecular weight excluding hydrogens is 304 g/mol. The van der Waals surface area contributed by atoms with Crippen molar-refractivity contribution in [2.45, 2.75) is 25.9 Å². The molecule has 0 saturated heterocycles. The zero-order valence-electron chi connectivity index (χ0n) is 12.7. The van der Waals surface area contributed by atoms with E-state index in [1.807, 2.05) is 13.0 Å². The van der Waals surface area contributed by atoms with Crippen LogP contribution in [0, 0.1) is 11.3 Å². The van der Waals surface area contributed by atoms with Gasteiger partial charge >= 0.3 is 10.2 Å². The van der Waals surface area contributed by atoms with E-state index in [-0.39, 0.29) is 5.78 Å². The third-order valence-electron chi connectivity index (χ3n) is 3.39. The Kier molecular flexibility index (Phi) is 4.39. The second-order valence-corrected chi connectivity index (χ2v) is 7.19. The van der Waals surface area contributed by atoms with Gasteiger partial charge in [-0.2, -0.15) is 18.0 Å². The molecule has 1 N–H and O–H groups in total. The maximum atomic E-state index is 12.4. The van der Waals surface area contributed by atoms with E-state index < -0.39 is 16.4 Å². The van der Waals surface area contributed by atoms with Gasteiger partial charge in [0, 0.05) is 26.1 Å². The molecule has 2 rings (SSSR count). The van der Waals surface area contributed by atoms with Crippen LogP contribution in [0.1, 0.15) is 30.1 Å². The van der Waals surface area contributed by atoms with Crippen LogP contribution in [0.25, 0.3) is 0 Å². The van der Waals surface area contributed by atoms with Crippen LogP contribution in [0.2, 0.25) is 0 Å². The Morgan fingerprint density at radius 3 is 2.68 bits per heavy atom. The molecule has 0 fully saturated rings. The Morgan fingerprint density at radius 1 is 1.45 bits per heavy atom. The van der Waals surface area contributed by atoms with Gasteiger partial charge in [-0.05, 0) is 24.6 Å². The molecule has 7 nitrogen and oxygen atoms in total. The van der Waals surface area contributed by atoms with Crippen molar-refractivity contribution in [2.24, 2.45) is 0 Å². The monoisotopic (exact) mass is 322 g/mol. The van der Waals surface area contributed by atoms with Crippen LogP contribution in [-0.4, -0.2) is 38.8 Å². The molecule has 0 spiro atoms. The molecule has 22 heavy (non-hydrogen) atoms. The standard InChI is InChI=1S/C14H18N4O3S/c1-4-5-13(19)10-6-7-11-12(8-10)18(14(9-15)16-11)22(20,21)17(2)3/h6-8,14,16H,4-5H2,1-3H3. The third kappa shape index (κ3) is 2.65. The van der Waals surface area contributed by atoms with Crippen molar-refractivity contribution in [3.05, 3.63) is 23.8 Å². The molecule has 0 bridgehead atoms. The van der Waals surface area contributed by atoms with E-state index in [0.717, 1.165) is 8.61 Å². The molecule has 1 aliphatic heterocycles. The second kappa shape index (κ2) is 5.94. The van der Waals surface area contributed by atoms with Gasteiger partial charge in [-0.1, -0.05) is 6.92 Å². The Balaban J connectivity index is 2.53. The first-order chi connectivity index (χ1) is 10.3. The highest BCUT2D eigenvalue weighted by atomic mass is 32.2. The summed E-state index contributed by atoms with van der Waals surface area (Å²) in [7, 11) is -1.04. The van der Waals surface area contributed by atoms with E-state index in [4.69, 9.17) is 0 Å². The van der Waals surface area contributed by atoms with Gasteiger partial charge in [0.15, 0.2) is 5.78 Å². The summed E-state index contributed by atoms with van der Waals surface area (Å²) in [4.78, 5) is 12.0. The summed E-state index contributed by atoms with van der Waals surface area (Å²) in [6.45, 7) is 1.90. The predicted molar refractivity (Wildman–Crippen MR) is 83.8 cm³/mol. The fraction of sp³-hybridized carbons (Fsp3) is 0.429. The number of carbonyl (C=O) groups is 1. The van der Waals surface area contributed by atoms with Gasteiger partial charge < -0.3 is 5.32 Å². The SMILES string of the molecule is CCCC(=O)c1ccc2c(c1)N(S(=O)(=O)N(C)C)C(C#N)N2. The topological polar surface area (TPSA) is 93.5 Å². The quantitative estimate of drug-likeness (QED) is 0.830. The van der Waals surface area contributed by atoms with E-state index >= 15 is 0 Å². The first kappa shape index (κ1) is 16.3. The van der Waals surface area contributed by atoms with Crippen molar-refractivity contribution < 1.29 is 13.2 Å². The molecule has 0 saturated carbocycles. The molecule has 1 aromatic carbocycles. The second-order valence-electron chi connectivity index (χ2n) is 5.17. The van der Waals surface area contributed by atoms with Crippen LogP contribution in [-0.2, 0) is 10.2 Å². The summed E-state index contributed by atoms with van der Waals surface area (Å²) in [6, 6.07) is 6.72. The molecule has 1 aromatic rings. The Hall–Kier alpha value is -2.11. The number of ketones is 1. The van der Waals surface area contributed by atoms with Crippen molar-refractivity contribution >= 4 is 27.4 Å². The first-order valence-electron chi connectivity index (χ1n) is 6.88. The van der Waals surface area contributed by atoms with E-state index in [1.54, 1.807) is 12.1 Å². The van der Waals surface area contributed by atoms with E-state index in [1.165, 1.54) is 20.2 Å². The summed E-state index contributed by atoms with van der Waals surface area (Å²) < 4.78 is 26.9. The average molecular weight is 322 g/mol. The van der Waals surface area contributed by atoms with Gasteiger partial charge in [0.05, 0.1) is 11.4 Å². The summed E-state index contributed by atoms with van der Waals surface area (Å²) in [6.07, 6.45) is 0.0853. The van der Waals surface area contributed by atoms with Crippen LogP contribution in [0.4, 0.5) is 11.4 Å². The number of anilines is 2. The highest BCUT2D eigenvalue weighted by molar-refractivity contribution is 7.90. The van der Waals surface area contributed by atoms with Gasteiger partial charge in [-0.15, -0.1) is 0 Å². The van der Waals surface area contributed by atoms with Crippen LogP contribution in [0.5, 0.6) is 0 Å². The van der Waals surface area contributed by atoms with Gasteiger partial charge in [0.1, 0.15) is 6.07 Å². The smallest absolute Gasteiger partial charge is 0.306 e. The lowest BCUT2D eigenvalue weighted by molar-refractivity contribution is 0.0982. The lowest BCUT2D eigenvalue weighted by Crippen LogP contribution is -2.45. The lowest BCUT2D eigenvalue weighted by Gasteiger charge is -2.25. The minimum absolute atomic E-state index is 0.0482. The molecule has 0 amide bonds. The Morgan fingerprint density at radius 2 is 2.14 bits per heavy atom. The minimum Gasteiger partial charge on any atom is -0.351 e. The number of rotatable bonds is 5. The normalized spacial score (nSPS) is 17.0. The fourth-order valence-corrected chi connectivity index (χ4v) is 3.36. The molecule has 8 heteroatoms. The number of nitrogens with one attached hydrogen (secondary N) is 1. The van der Waals surface area contributed by atoms with E-state index in [9.17, 15) is 18.5 Å². The highest BCUT2D eigenvalue weighted by Crippen LogP contribution is 2.37. The van der Waals surface area contributed by atoms with Crippen molar-refractivity contribution in [2.75, 3.05) is 23.7 Å². The number of Topliss-reactive ketones (excluding diaryl/α,β-unsaturated/α-hetero) is 1. The Bertz CT molecular complexity index is 737. The summed E-state index contributed by atoms with van der Waals surface area (Å²) in [5, 5.41) is 12.1. The first-order valence-corrected chi connectivity index (χ1v) is 8.28. The van der Waals surface area contributed by atoms with Gasteiger partial charge in [-0.3, -0.25) is 4.79 Å². The molecular formula is C14H18N4O3S. The minimum atomic E-state index is -3.84. The highest BCUT2D eigenvalue weighted by Gasteiger charge is 2.39. The summed E-state index contributed by atoms with van der Waals surface area (Å²) in [5.41, 5.74) is 1.28. The molecule has 0 radical (unpaired) electrons. The van der Waals surface area contributed by atoms with E-state index in [2.05, 4.69) is 5.32 Å². The predicted octanol–water partition coefficient (Wildman–Crippen LogP) is 1.56. The number of carbonyl (C=O) groups excluding carboxylic acids is 1. The third-order valence-corrected chi connectivity index (χ3v) is 5.22. The van der Waals surface area contributed by atoms with Crippen LogP contribution < -0.4 is 9.62 Å². The number of fused-ring (bicyclic) bond motifs is 1. The number of hydrogen-bond donors (Lipinski definition) is 1. The van der Waals surface area contributed by atoms with Crippen molar-refractivity contribution in [1.82, 2.24) is 4.31 Å². The molecule has 1 atom stereocenters. The summed E-state index contributed by atoms with van der Waals surface area (Å²) in [5.74, 6) is -0.0482. The molecule has 118 valence electrons. The van der Waals surface area contributed by atoms with E-state index in [0.29, 0.717) is 29.8 Å². The van der Waals surface area contributed by atoms with Crippen LogP contribution >= 0.6 is 0 Å². The zero-order chi connectivity index (χ0) is 16.5. The average Bonchev–Trinajstić information content (AvgIpc) is 2.85. The molecule has 0 aromatic heterocycles. The van der Waals surface area contributed by atoms with Gasteiger partial charge in [0.2, 0.25) is 6.17 Å². The molecule has 1 heterocycles. The maximum absolute atomic E-state index is 12.4. The lowest BCUT2D eigenvalue weighted by atomic mass is 10.1. The largest absolute Gasteiger partial charge is 0.351 e. The van der Waals surface area contributed by atoms with Gasteiger partial charge in [0.25, 0.3) is 0 Å². The van der Waals surface area contributed by atoms with Crippen molar-refractivity contribution in [3.8, 4) is 6.07 Å². The molecule has 0 aliphatic carbocycles. The van der Waals surface area contributed by atoms with Crippen LogP contribution in [0.3, 0.4) is 0 Å². The van der Waals surface area contributed by atoms with Crippen molar-refractivity contribution in [3.63, 3.8) is 0 Å². The number of hydrogen-bond acceptors (Lipinski definition) is 5. The summed E-state index contributed by atoms with van der Waals surface area (Å²) >= 11 is 0. The number of benzene rings is 1. The number of nitrogens with zero attached hydrogens (tertiary/aromatic N) is 3. The molecule has 1 unspecified atom stereocenters. The Labute approximate surface area is 130 Å². The maximum Gasteiger partial charge on any atom is 0.306 e. The van der Waals surface area contributed by atoms with Gasteiger partial charge in [-0.25, -0.2) is 4.31 Å². The van der Waals surface area contributed by atoms with Crippen LogP contribution in [0.15, 0.2) is 18.2 Å². The number of nitriles is 1. The zero-order valence-corrected chi connectivity index (χ0v) is 13.5. The molecule has 1 aliphatic rings. The fourth-order valence-electron chi connectivity index (χ4n) is 2.24.